The van der Waals surface area contributed by atoms with E-state index in [1.54, 1.807) is 24.5 Å². The van der Waals surface area contributed by atoms with Crippen molar-refractivity contribution in [1.82, 2.24) is 4.57 Å². The van der Waals surface area contributed by atoms with Crippen LogP contribution in [0.3, 0.4) is 0 Å². The number of ether oxygens (including phenoxy) is 1. The second-order valence-electron chi connectivity index (χ2n) is 8.54. The van der Waals surface area contributed by atoms with E-state index in [-0.39, 0.29) is 24.4 Å². The number of rotatable bonds is 5. The average Bonchev–Trinajstić information content (AvgIpc) is 3.18. The molecule has 32 heavy (non-hydrogen) atoms. The van der Waals surface area contributed by atoms with Crippen LogP contribution >= 0.6 is 0 Å². The van der Waals surface area contributed by atoms with Crippen LogP contribution in [0.5, 0.6) is 0 Å². The maximum atomic E-state index is 14.7. The van der Waals surface area contributed by atoms with Crippen molar-refractivity contribution in [3.8, 4) is 0 Å². The molecule has 3 heterocycles. The number of nitrogens with zero attached hydrogens (tertiary/aromatic N) is 2. The van der Waals surface area contributed by atoms with Crippen molar-refractivity contribution in [2.24, 2.45) is 4.99 Å². The number of cyclic esters (lactones) is 1. The van der Waals surface area contributed by atoms with Crippen LogP contribution in [-0.4, -0.2) is 21.4 Å². The molecule has 1 N–H and O–H groups in total. The number of fused-ring (bicyclic) bond motifs is 2. The molecule has 170 valence electrons. The van der Waals surface area contributed by atoms with Gasteiger partial charge in [-0.1, -0.05) is 27.2 Å². The zero-order valence-corrected chi connectivity index (χ0v) is 19.0. The number of hydrogen-bond acceptors (Lipinski definition) is 5. The first kappa shape index (κ1) is 22.4. The molecule has 1 aromatic carbocycles. The summed E-state index contributed by atoms with van der Waals surface area (Å²) in [6.07, 6.45) is 3.02. The molecule has 1 aromatic heterocycles. The van der Waals surface area contributed by atoms with Gasteiger partial charge in [0.15, 0.2) is 5.60 Å². The molecule has 0 saturated carbocycles. The van der Waals surface area contributed by atoms with Crippen LogP contribution < -0.4 is 5.56 Å². The highest BCUT2D eigenvalue weighted by molar-refractivity contribution is 6.03. The lowest BCUT2D eigenvalue weighted by molar-refractivity contribution is -0.172. The van der Waals surface area contributed by atoms with E-state index in [0.717, 1.165) is 30.4 Å². The summed E-state index contributed by atoms with van der Waals surface area (Å²) in [4.78, 5) is 30.2. The topological polar surface area (TPSA) is 80.9 Å². The Morgan fingerprint density at radius 2 is 1.97 bits per heavy atom. The number of benzene rings is 1. The number of aromatic nitrogens is 1. The van der Waals surface area contributed by atoms with E-state index in [2.05, 4.69) is 6.92 Å². The van der Waals surface area contributed by atoms with E-state index in [4.69, 9.17) is 9.73 Å². The predicted molar refractivity (Wildman–Crippen MR) is 120 cm³/mol. The molecule has 0 saturated heterocycles. The first-order valence-corrected chi connectivity index (χ1v) is 11.3. The minimum Gasteiger partial charge on any atom is -0.458 e. The van der Waals surface area contributed by atoms with Crippen molar-refractivity contribution in [1.29, 1.82) is 0 Å². The fraction of sp³-hybridized carbons (Fsp3) is 0.480. The van der Waals surface area contributed by atoms with Crippen molar-refractivity contribution >= 4 is 17.4 Å². The monoisotopic (exact) mass is 440 g/mol. The second kappa shape index (κ2) is 8.28. The Hall–Kier alpha value is -2.80. The number of pyridine rings is 1. The lowest BCUT2D eigenvalue weighted by Crippen LogP contribution is -2.44. The molecule has 0 spiro atoms. The van der Waals surface area contributed by atoms with E-state index in [9.17, 15) is 19.1 Å². The van der Waals surface area contributed by atoms with Crippen molar-refractivity contribution in [3.63, 3.8) is 0 Å². The number of halogens is 1. The van der Waals surface area contributed by atoms with E-state index in [1.165, 1.54) is 6.07 Å². The van der Waals surface area contributed by atoms with Gasteiger partial charge in [-0.25, -0.2) is 9.18 Å². The van der Waals surface area contributed by atoms with Gasteiger partial charge >= 0.3 is 5.97 Å². The molecule has 0 aliphatic carbocycles. The molecule has 6 nitrogen and oxygen atoms in total. The molecule has 2 aromatic rings. The van der Waals surface area contributed by atoms with Gasteiger partial charge in [-0.2, -0.15) is 0 Å². The molecule has 4 rings (SSSR count). The number of esters is 1. The summed E-state index contributed by atoms with van der Waals surface area (Å²) in [6, 6.07) is 3.16. The van der Waals surface area contributed by atoms with Gasteiger partial charge in [0.05, 0.1) is 22.7 Å². The number of aliphatic hydroxyl groups is 1. The summed E-state index contributed by atoms with van der Waals surface area (Å²) in [5, 5.41) is 11.0. The van der Waals surface area contributed by atoms with Crippen LogP contribution in [0.1, 0.15) is 73.5 Å². The van der Waals surface area contributed by atoms with Gasteiger partial charge in [0.2, 0.25) is 0 Å². The smallest absolute Gasteiger partial charge is 0.343 e. The number of aliphatic imine (C=N–C) groups is 1. The van der Waals surface area contributed by atoms with Gasteiger partial charge in [-0.3, -0.25) is 9.79 Å². The Kier molecular flexibility index (Phi) is 5.79. The van der Waals surface area contributed by atoms with Crippen molar-refractivity contribution in [2.75, 3.05) is 0 Å². The molecular formula is C25H29FN2O4. The SMILES string of the molecule is CCCc1c(C)c(F)cc(/N=C2\CCn3c2cc2c(c3=O)COC(=O)[C@]2(O)CC)c1CC. The minimum absolute atomic E-state index is 0.0950. The van der Waals surface area contributed by atoms with Crippen LogP contribution in [0, 0.1) is 12.7 Å². The van der Waals surface area contributed by atoms with E-state index in [1.807, 2.05) is 6.92 Å². The van der Waals surface area contributed by atoms with Crippen LogP contribution in [-0.2, 0) is 41.1 Å². The molecule has 0 fully saturated rings. The number of carbonyl (C=O) groups is 1. The Labute approximate surface area is 186 Å². The summed E-state index contributed by atoms with van der Waals surface area (Å²) in [5.74, 6) is -1.03. The Morgan fingerprint density at radius 3 is 2.62 bits per heavy atom. The summed E-state index contributed by atoms with van der Waals surface area (Å²) >= 11 is 0. The highest BCUT2D eigenvalue weighted by Crippen LogP contribution is 2.36. The maximum Gasteiger partial charge on any atom is 0.343 e. The fourth-order valence-corrected chi connectivity index (χ4v) is 4.89. The first-order valence-electron chi connectivity index (χ1n) is 11.3. The molecular weight excluding hydrogens is 411 g/mol. The van der Waals surface area contributed by atoms with Gasteiger partial charge in [-0.05, 0) is 48.9 Å². The van der Waals surface area contributed by atoms with Crippen molar-refractivity contribution in [3.05, 3.63) is 61.8 Å². The third-order valence-electron chi connectivity index (χ3n) is 6.77. The normalized spacial score (nSPS) is 20.9. The van der Waals surface area contributed by atoms with Crippen LogP contribution in [0.4, 0.5) is 10.1 Å². The van der Waals surface area contributed by atoms with Crippen molar-refractivity contribution < 1.29 is 19.0 Å². The van der Waals surface area contributed by atoms with Gasteiger partial charge in [-0.15, -0.1) is 0 Å². The Morgan fingerprint density at radius 1 is 1.22 bits per heavy atom. The zero-order valence-electron chi connectivity index (χ0n) is 19.0. The highest BCUT2D eigenvalue weighted by atomic mass is 19.1. The quantitative estimate of drug-likeness (QED) is 0.713. The molecule has 1 atom stereocenters. The minimum atomic E-state index is -1.85. The van der Waals surface area contributed by atoms with E-state index >= 15 is 0 Å². The summed E-state index contributed by atoms with van der Waals surface area (Å²) in [7, 11) is 0. The Balaban J connectivity index is 1.91. The lowest BCUT2D eigenvalue weighted by atomic mass is 9.86. The second-order valence-corrected chi connectivity index (χ2v) is 8.54. The van der Waals surface area contributed by atoms with Gasteiger partial charge < -0.3 is 14.4 Å². The van der Waals surface area contributed by atoms with E-state index in [0.29, 0.717) is 46.7 Å². The van der Waals surface area contributed by atoms with E-state index < -0.39 is 11.6 Å². The number of carbonyl (C=O) groups excluding carboxylic acids is 1. The molecule has 0 amide bonds. The molecule has 7 heteroatoms. The van der Waals surface area contributed by atoms with Crippen LogP contribution in [0.2, 0.25) is 0 Å². The van der Waals surface area contributed by atoms with Crippen molar-refractivity contribution in [2.45, 2.75) is 78.6 Å². The third kappa shape index (κ3) is 3.30. The highest BCUT2D eigenvalue weighted by Gasteiger charge is 2.45. The van der Waals surface area contributed by atoms with Crippen LogP contribution in [0.25, 0.3) is 0 Å². The lowest BCUT2D eigenvalue weighted by Gasteiger charge is -2.31. The third-order valence-corrected chi connectivity index (χ3v) is 6.77. The standard InChI is InChI=1S/C25H29FN2O4/c1-5-8-16-14(4)19(26)12-21(15(16)6-2)27-20-9-10-28-22(20)11-18-17(23(28)29)13-32-24(30)25(18,31)7-3/h11-12,31H,5-10,13H2,1-4H3/b27-20+/t25-/m0/s1. The average molecular weight is 441 g/mol. The summed E-state index contributed by atoms with van der Waals surface area (Å²) < 4.78 is 21.4. The number of hydrogen-bond donors (Lipinski definition) is 1. The largest absolute Gasteiger partial charge is 0.458 e. The van der Waals surface area contributed by atoms with Gasteiger partial charge in [0, 0.05) is 24.6 Å². The Bertz CT molecular complexity index is 1200. The molecule has 2 aliphatic heterocycles. The zero-order chi connectivity index (χ0) is 23.2. The van der Waals surface area contributed by atoms with Gasteiger partial charge in [0.1, 0.15) is 12.4 Å². The molecule has 2 aliphatic rings. The predicted octanol–water partition coefficient (Wildman–Crippen LogP) is 3.99. The molecule has 0 unspecified atom stereocenters. The first-order chi connectivity index (χ1) is 15.3. The summed E-state index contributed by atoms with van der Waals surface area (Å²) in [5.41, 5.74) is 2.95. The van der Waals surface area contributed by atoms with Crippen LogP contribution in [0.15, 0.2) is 21.9 Å². The summed E-state index contributed by atoms with van der Waals surface area (Å²) in [6.45, 7) is 7.87. The maximum absolute atomic E-state index is 14.7. The molecule has 0 bridgehead atoms. The fourth-order valence-electron chi connectivity index (χ4n) is 4.89. The van der Waals surface area contributed by atoms with Gasteiger partial charge in [0.25, 0.3) is 5.56 Å². The molecule has 0 radical (unpaired) electrons.